The molecule has 4 N–H and O–H groups in total. The Bertz CT molecular complexity index is 1190. The van der Waals surface area contributed by atoms with Crippen LogP contribution in [-0.4, -0.2) is 33.0 Å². The van der Waals surface area contributed by atoms with Crippen LogP contribution in [-0.2, 0) is 20.0 Å². The van der Waals surface area contributed by atoms with E-state index in [1.807, 2.05) is 20.2 Å². The van der Waals surface area contributed by atoms with Gasteiger partial charge in [0.1, 0.15) is 0 Å². The van der Waals surface area contributed by atoms with E-state index in [9.17, 15) is 14.7 Å². The number of fused-ring (bicyclic) bond motifs is 4. The van der Waals surface area contributed by atoms with E-state index in [2.05, 4.69) is 38.7 Å². The Labute approximate surface area is 166 Å². The topological polar surface area (TPSA) is 117 Å². The number of carboxylic acid groups (broad SMARTS) is 1. The van der Waals surface area contributed by atoms with E-state index in [1.54, 1.807) is 0 Å². The maximum atomic E-state index is 12.4. The Balaban J connectivity index is 1.99. The summed E-state index contributed by atoms with van der Waals surface area (Å²) in [5.74, 6) is -0.795. The minimum atomic E-state index is -1.64. The molecule has 1 aliphatic carbocycles. The second-order valence-corrected chi connectivity index (χ2v) is 7.52. The van der Waals surface area contributed by atoms with Crippen LogP contribution in [0.4, 0.5) is 4.79 Å². The first-order chi connectivity index (χ1) is 13.8. The molecule has 0 aliphatic heterocycles. The number of nitrogens with one attached hydrogen (secondary N) is 2. The lowest BCUT2D eigenvalue weighted by Gasteiger charge is -2.15. The fraction of sp³-hybridized carbons (Fsp3) is 0.333. The summed E-state index contributed by atoms with van der Waals surface area (Å²) in [7, 11) is 3.93. The molecule has 0 bridgehead atoms. The molecule has 1 atom stereocenters. The smallest absolute Gasteiger partial charge is 0.504 e. The molecule has 152 valence electrons. The van der Waals surface area contributed by atoms with Crippen molar-refractivity contribution in [2.45, 2.75) is 32.2 Å². The maximum absolute atomic E-state index is 12.4. The molecule has 0 saturated carbocycles. The number of hydrogen-bond donors (Lipinski definition) is 4. The van der Waals surface area contributed by atoms with Crippen molar-refractivity contribution in [1.82, 2.24) is 14.9 Å². The molecule has 8 heteroatoms. The number of H-pyrrole nitrogens is 1. The second-order valence-electron chi connectivity index (χ2n) is 7.52. The molecule has 29 heavy (non-hydrogen) atoms. The van der Waals surface area contributed by atoms with E-state index in [4.69, 9.17) is 5.11 Å². The van der Waals surface area contributed by atoms with Crippen molar-refractivity contribution >= 4 is 17.1 Å². The lowest BCUT2D eigenvalue weighted by atomic mass is 9.92. The minimum absolute atomic E-state index is 0.191. The maximum Gasteiger partial charge on any atom is 0.511 e. The third kappa shape index (κ3) is 3.05. The van der Waals surface area contributed by atoms with Crippen molar-refractivity contribution in [2.24, 2.45) is 7.05 Å². The number of rotatable bonds is 3. The summed E-state index contributed by atoms with van der Waals surface area (Å²) in [6, 6.07) is 6.26. The highest BCUT2D eigenvalue weighted by molar-refractivity contribution is 5.89. The van der Waals surface area contributed by atoms with Crippen LogP contribution in [0.2, 0.25) is 0 Å². The number of hydrogen-bond acceptors (Lipinski definition) is 5. The van der Waals surface area contributed by atoms with Gasteiger partial charge < -0.3 is 29.8 Å². The highest BCUT2D eigenvalue weighted by Crippen LogP contribution is 2.43. The first kappa shape index (κ1) is 19.1. The molecule has 0 saturated heterocycles. The average Bonchev–Trinajstić information content (AvgIpc) is 2.90. The van der Waals surface area contributed by atoms with Crippen LogP contribution < -0.4 is 15.6 Å². The minimum Gasteiger partial charge on any atom is -0.504 e. The Kier molecular flexibility index (Phi) is 4.58. The molecule has 0 fully saturated rings. The molecule has 1 aliphatic rings. The van der Waals surface area contributed by atoms with Crippen LogP contribution in [0.1, 0.15) is 36.1 Å². The first-order valence-corrected chi connectivity index (χ1v) is 9.48. The number of pyridine rings is 1. The van der Waals surface area contributed by atoms with Gasteiger partial charge in [0.15, 0.2) is 5.75 Å². The zero-order valence-electron chi connectivity index (χ0n) is 16.5. The SMILES string of the molecule is CNCc1cc2cc3c(cc2n1C)C(C)CCc1c-3[nH]c(=O)c(OC(=O)O)c1O. The van der Waals surface area contributed by atoms with Gasteiger partial charge in [-0.25, -0.2) is 4.79 Å². The average molecular weight is 397 g/mol. The van der Waals surface area contributed by atoms with Gasteiger partial charge in [-0.2, -0.15) is 0 Å². The van der Waals surface area contributed by atoms with E-state index in [0.29, 0.717) is 17.7 Å². The van der Waals surface area contributed by atoms with Crippen LogP contribution >= 0.6 is 0 Å². The van der Waals surface area contributed by atoms with Crippen molar-refractivity contribution in [3.05, 3.63) is 45.4 Å². The Morgan fingerprint density at radius 2 is 2.14 bits per heavy atom. The van der Waals surface area contributed by atoms with Gasteiger partial charge in [-0.1, -0.05) is 6.92 Å². The van der Waals surface area contributed by atoms with Crippen LogP contribution in [0, 0.1) is 0 Å². The standard InChI is InChI=1S/C21H23N3O5/c1-10-4-5-13-17(23-20(26)19(18(13)25)29-21(27)28)15-7-11-6-12(9-22-2)24(3)16(11)8-14(10)15/h6-8,10,22H,4-5,9H2,1-3H3,(H,27,28)(H2,23,25,26). The van der Waals surface area contributed by atoms with Gasteiger partial charge in [0.25, 0.3) is 5.56 Å². The molecule has 0 radical (unpaired) electrons. The number of nitrogens with zero attached hydrogens (tertiary/aromatic N) is 1. The van der Waals surface area contributed by atoms with Crippen LogP contribution in [0.3, 0.4) is 0 Å². The number of aromatic nitrogens is 2. The van der Waals surface area contributed by atoms with E-state index in [0.717, 1.165) is 40.7 Å². The summed E-state index contributed by atoms with van der Waals surface area (Å²) in [6.07, 6.45) is -0.410. The third-order valence-electron chi connectivity index (χ3n) is 5.74. The summed E-state index contributed by atoms with van der Waals surface area (Å²) < 4.78 is 6.67. The van der Waals surface area contributed by atoms with Crippen LogP contribution in [0.25, 0.3) is 22.2 Å². The van der Waals surface area contributed by atoms with Gasteiger partial charge in [0, 0.05) is 41.3 Å². The van der Waals surface area contributed by atoms with Crippen LogP contribution in [0.15, 0.2) is 23.0 Å². The highest BCUT2D eigenvalue weighted by atomic mass is 16.7. The molecule has 3 aromatic rings. The van der Waals surface area contributed by atoms with E-state index >= 15 is 0 Å². The highest BCUT2D eigenvalue weighted by Gasteiger charge is 2.27. The Morgan fingerprint density at radius 1 is 1.38 bits per heavy atom. The molecule has 0 amide bonds. The third-order valence-corrected chi connectivity index (χ3v) is 5.74. The molecule has 0 spiro atoms. The number of ether oxygens (including phenoxy) is 1. The molecule has 2 heterocycles. The lowest BCUT2D eigenvalue weighted by Crippen LogP contribution is -2.17. The van der Waals surface area contributed by atoms with Crippen LogP contribution in [0.5, 0.6) is 11.5 Å². The summed E-state index contributed by atoms with van der Waals surface area (Å²) in [5, 5.41) is 23.7. The lowest BCUT2D eigenvalue weighted by molar-refractivity contribution is 0.142. The number of aryl methyl sites for hydroxylation is 1. The second kappa shape index (κ2) is 6.97. The summed E-state index contributed by atoms with van der Waals surface area (Å²) in [4.78, 5) is 26.1. The molecule has 2 aromatic heterocycles. The largest absolute Gasteiger partial charge is 0.511 e. The number of benzene rings is 1. The molecular weight excluding hydrogens is 374 g/mol. The summed E-state index contributed by atoms with van der Waals surface area (Å²) in [5.41, 5.74) is 4.40. The number of carbonyl (C=O) groups is 1. The molecule has 4 rings (SSSR count). The fourth-order valence-electron chi connectivity index (χ4n) is 4.21. The van der Waals surface area contributed by atoms with Crippen molar-refractivity contribution in [2.75, 3.05) is 7.05 Å². The molecule has 1 unspecified atom stereocenters. The first-order valence-electron chi connectivity index (χ1n) is 9.48. The summed E-state index contributed by atoms with van der Waals surface area (Å²) in [6.45, 7) is 2.84. The Morgan fingerprint density at radius 3 is 2.83 bits per heavy atom. The summed E-state index contributed by atoms with van der Waals surface area (Å²) >= 11 is 0. The fourth-order valence-corrected chi connectivity index (χ4v) is 4.21. The monoisotopic (exact) mass is 397 g/mol. The van der Waals surface area contributed by atoms with Gasteiger partial charge in [-0.05, 0) is 49.6 Å². The number of aromatic hydroxyl groups is 1. The zero-order chi connectivity index (χ0) is 20.9. The van der Waals surface area contributed by atoms with Gasteiger partial charge >= 0.3 is 6.16 Å². The Hall–Kier alpha value is -3.26. The predicted octanol–water partition coefficient (Wildman–Crippen LogP) is 3.07. The zero-order valence-corrected chi connectivity index (χ0v) is 16.5. The van der Waals surface area contributed by atoms with E-state index in [-0.39, 0.29) is 5.92 Å². The number of aromatic amines is 1. The van der Waals surface area contributed by atoms with E-state index < -0.39 is 23.2 Å². The van der Waals surface area contributed by atoms with Crippen molar-refractivity contribution in [1.29, 1.82) is 0 Å². The normalized spacial score (nSPS) is 15.6. The van der Waals surface area contributed by atoms with Gasteiger partial charge in [0.05, 0.1) is 5.69 Å². The quantitative estimate of drug-likeness (QED) is 0.505. The van der Waals surface area contributed by atoms with E-state index in [1.165, 1.54) is 0 Å². The van der Waals surface area contributed by atoms with Crippen molar-refractivity contribution in [3.8, 4) is 22.8 Å². The molecule has 8 nitrogen and oxygen atoms in total. The van der Waals surface area contributed by atoms with Crippen molar-refractivity contribution in [3.63, 3.8) is 0 Å². The van der Waals surface area contributed by atoms with Gasteiger partial charge in [-0.15, -0.1) is 0 Å². The van der Waals surface area contributed by atoms with Gasteiger partial charge in [-0.3, -0.25) is 4.79 Å². The van der Waals surface area contributed by atoms with Gasteiger partial charge in [0.2, 0.25) is 5.75 Å². The van der Waals surface area contributed by atoms with Crippen molar-refractivity contribution < 1.29 is 19.7 Å². The molecular formula is C21H23N3O5. The predicted molar refractivity (Wildman–Crippen MR) is 109 cm³/mol. The molecule has 1 aromatic carbocycles.